The van der Waals surface area contributed by atoms with Gasteiger partial charge in [-0.3, -0.25) is 0 Å². The Labute approximate surface area is 340 Å². The maximum atomic E-state index is 6.42. The summed E-state index contributed by atoms with van der Waals surface area (Å²) in [5.74, 6) is 0. The van der Waals surface area contributed by atoms with Gasteiger partial charge in [0.2, 0.25) is 0 Å². The van der Waals surface area contributed by atoms with Crippen molar-refractivity contribution in [3.8, 4) is 27.9 Å². The van der Waals surface area contributed by atoms with Crippen LogP contribution in [-0.2, 0) is 0 Å². The predicted molar refractivity (Wildman–Crippen MR) is 247 cm³/mol. The van der Waals surface area contributed by atoms with E-state index in [1.54, 1.807) is 0 Å². The molecule has 4 heteroatoms. The molecule has 11 aromatic rings. The highest BCUT2D eigenvalue weighted by Crippen LogP contribution is 2.41. The molecule has 0 saturated heterocycles. The molecule has 0 N–H and O–H groups in total. The van der Waals surface area contributed by atoms with Crippen molar-refractivity contribution in [3.63, 3.8) is 0 Å². The van der Waals surface area contributed by atoms with Crippen LogP contribution in [0.3, 0.4) is 0 Å². The molecular formula is C55H36N2O2. The second-order valence-electron chi connectivity index (χ2n) is 15.4. The van der Waals surface area contributed by atoms with E-state index in [9.17, 15) is 0 Å². The molecule has 0 fully saturated rings. The molecule has 278 valence electrons. The Hall–Kier alpha value is -7.82. The van der Waals surface area contributed by atoms with Crippen LogP contribution in [-0.4, -0.2) is 11.1 Å². The first-order valence-corrected chi connectivity index (χ1v) is 20.1. The number of fused-ring (bicyclic) bond motifs is 10. The third-order valence-electron chi connectivity index (χ3n) is 12.0. The molecule has 0 spiro atoms. The maximum Gasteiger partial charge on any atom is 0.135 e. The highest BCUT2D eigenvalue weighted by Gasteiger charge is 2.18. The summed E-state index contributed by atoms with van der Waals surface area (Å²) >= 11 is 0. The number of rotatable bonds is 4. The van der Waals surface area contributed by atoms with Crippen LogP contribution in [0.5, 0.6) is 0 Å². The van der Waals surface area contributed by atoms with Gasteiger partial charge in [0.1, 0.15) is 22.3 Å². The fraction of sp³-hybridized carbons (Fsp3) is 0.0182. The van der Waals surface area contributed by atoms with Gasteiger partial charge in [-0.25, -0.2) is 0 Å². The standard InChI is InChI=1S/C55H36N2O2/c1-35-12-4-3-11-29-56(49-17-9-7-15-42(35)49)41-23-28-55-48(34-41)47-33-39(22-27-54(47)59-55)38-21-26-53-46(32-38)45-31-37(20-25-52(45)58-53)36-19-24-51-44(30-36)43-16-8-10-18-50(43)57(51)40-13-5-2-6-14-40/h2-28,30-34H,1,29H2/b11-3-,12-4-. The molecule has 0 radical (unpaired) electrons. The fourth-order valence-corrected chi connectivity index (χ4v) is 9.09. The summed E-state index contributed by atoms with van der Waals surface area (Å²) < 4.78 is 15.2. The third-order valence-corrected chi connectivity index (χ3v) is 12.0. The van der Waals surface area contributed by atoms with E-state index in [0.29, 0.717) is 0 Å². The number of anilines is 2. The summed E-state index contributed by atoms with van der Waals surface area (Å²) in [5.41, 5.74) is 15.9. The molecule has 0 bridgehead atoms. The molecule has 4 heterocycles. The summed E-state index contributed by atoms with van der Waals surface area (Å²) in [4.78, 5) is 2.35. The third kappa shape index (κ3) is 5.38. The molecule has 59 heavy (non-hydrogen) atoms. The molecule has 1 aliphatic rings. The van der Waals surface area contributed by atoms with Crippen LogP contribution in [0.2, 0.25) is 0 Å². The molecule has 1 aliphatic heterocycles. The summed E-state index contributed by atoms with van der Waals surface area (Å²) in [6, 6.07) is 60.7. The van der Waals surface area contributed by atoms with Gasteiger partial charge in [0, 0.05) is 61.5 Å². The molecule has 0 saturated carbocycles. The van der Waals surface area contributed by atoms with Gasteiger partial charge in [-0.2, -0.15) is 0 Å². The van der Waals surface area contributed by atoms with Crippen molar-refractivity contribution in [2.24, 2.45) is 0 Å². The number of aromatic nitrogens is 1. The second kappa shape index (κ2) is 13.1. The van der Waals surface area contributed by atoms with E-state index < -0.39 is 0 Å². The Balaban J connectivity index is 0.943. The molecule has 12 rings (SSSR count). The first-order valence-electron chi connectivity index (χ1n) is 20.1. The van der Waals surface area contributed by atoms with Crippen molar-refractivity contribution < 1.29 is 8.83 Å². The van der Waals surface area contributed by atoms with Gasteiger partial charge in [0.25, 0.3) is 0 Å². The van der Waals surface area contributed by atoms with Gasteiger partial charge in [0.05, 0.1) is 11.0 Å². The van der Waals surface area contributed by atoms with Crippen LogP contribution in [0.15, 0.2) is 210 Å². The van der Waals surface area contributed by atoms with Gasteiger partial charge >= 0.3 is 0 Å². The predicted octanol–water partition coefficient (Wildman–Crippen LogP) is 15.2. The lowest BCUT2D eigenvalue weighted by molar-refractivity contribution is 0.668. The topological polar surface area (TPSA) is 34.5 Å². The summed E-state index contributed by atoms with van der Waals surface area (Å²) in [5, 5.41) is 6.84. The lowest BCUT2D eigenvalue weighted by Crippen LogP contribution is -2.18. The molecule has 4 nitrogen and oxygen atoms in total. The van der Waals surface area contributed by atoms with Gasteiger partial charge in [0.15, 0.2) is 0 Å². The minimum atomic E-state index is 0.731. The fourth-order valence-electron chi connectivity index (χ4n) is 9.09. The molecular weight excluding hydrogens is 721 g/mol. The molecule has 0 unspecified atom stereocenters. The van der Waals surface area contributed by atoms with E-state index in [4.69, 9.17) is 8.83 Å². The van der Waals surface area contributed by atoms with Crippen LogP contribution in [0.1, 0.15) is 5.56 Å². The van der Waals surface area contributed by atoms with Gasteiger partial charge < -0.3 is 18.3 Å². The summed E-state index contributed by atoms with van der Waals surface area (Å²) in [6.07, 6.45) is 8.41. The van der Waals surface area contributed by atoms with E-state index in [0.717, 1.165) is 95.3 Å². The van der Waals surface area contributed by atoms with Crippen LogP contribution in [0.25, 0.3) is 99.2 Å². The quantitative estimate of drug-likeness (QED) is 0.179. The average molecular weight is 757 g/mol. The number of allylic oxidation sites excluding steroid dienone is 4. The normalized spacial score (nSPS) is 14.3. The van der Waals surface area contributed by atoms with Crippen LogP contribution >= 0.6 is 0 Å². The van der Waals surface area contributed by atoms with Crippen molar-refractivity contribution in [2.75, 3.05) is 11.4 Å². The first-order chi connectivity index (χ1) is 29.1. The lowest BCUT2D eigenvalue weighted by atomic mass is 9.98. The number of nitrogens with zero attached hydrogens (tertiary/aromatic N) is 2. The minimum Gasteiger partial charge on any atom is -0.456 e. The highest BCUT2D eigenvalue weighted by atomic mass is 16.3. The zero-order valence-electron chi connectivity index (χ0n) is 32.1. The van der Waals surface area contributed by atoms with Gasteiger partial charge in [-0.15, -0.1) is 0 Å². The largest absolute Gasteiger partial charge is 0.456 e. The van der Waals surface area contributed by atoms with Crippen molar-refractivity contribution in [1.29, 1.82) is 0 Å². The number of para-hydroxylation sites is 3. The van der Waals surface area contributed by atoms with Crippen molar-refractivity contribution in [3.05, 3.63) is 206 Å². The van der Waals surface area contributed by atoms with Gasteiger partial charge in [-0.1, -0.05) is 110 Å². The van der Waals surface area contributed by atoms with Gasteiger partial charge in [-0.05, 0) is 119 Å². The molecule has 8 aromatic carbocycles. The minimum absolute atomic E-state index is 0.731. The molecule has 0 atom stereocenters. The van der Waals surface area contributed by atoms with E-state index in [-0.39, 0.29) is 0 Å². The second-order valence-corrected chi connectivity index (χ2v) is 15.4. The summed E-state index contributed by atoms with van der Waals surface area (Å²) in [6.45, 7) is 5.09. The number of hydrogen-bond donors (Lipinski definition) is 0. The van der Waals surface area contributed by atoms with Crippen LogP contribution in [0, 0.1) is 0 Å². The Morgan fingerprint density at radius 1 is 0.424 bits per heavy atom. The lowest BCUT2D eigenvalue weighted by Gasteiger charge is -2.26. The Bertz CT molecular complexity index is 3560. The Morgan fingerprint density at radius 3 is 1.66 bits per heavy atom. The van der Waals surface area contributed by atoms with Crippen molar-refractivity contribution in [1.82, 2.24) is 4.57 Å². The summed E-state index contributed by atoms with van der Waals surface area (Å²) in [7, 11) is 0. The first kappa shape index (κ1) is 33.3. The smallest absolute Gasteiger partial charge is 0.135 e. The molecule has 0 aliphatic carbocycles. The average Bonchev–Trinajstić information content (AvgIpc) is 3.97. The zero-order valence-corrected chi connectivity index (χ0v) is 32.1. The Morgan fingerprint density at radius 2 is 0.966 bits per heavy atom. The maximum absolute atomic E-state index is 6.42. The highest BCUT2D eigenvalue weighted by molar-refractivity contribution is 6.12. The number of benzene rings is 8. The molecule has 0 amide bonds. The number of furan rings is 2. The van der Waals surface area contributed by atoms with E-state index >= 15 is 0 Å². The number of hydrogen-bond acceptors (Lipinski definition) is 3. The van der Waals surface area contributed by atoms with Crippen molar-refractivity contribution in [2.45, 2.75) is 0 Å². The molecule has 3 aromatic heterocycles. The zero-order chi connectivity index (χ0) is 39.0. The SMILES string of the molecule is C=C1/C=C\C=C/CN(c2ccc3oc4ccc(-c5ccc6oc7ccc(-c8ccc9c(c8)c8ccccc8n9-c8ccccc8)cc7c6c5)cc4c3c2)c2ccccc21. The monoisotopic (exact) mass is 756 g/mol. The van der Waals surface area contributed by atoms with Crippen molar-refractivity contribution >= 4 is 82.6 Å². The van der Waals surface area contributed by atoms with E-state index in [1.807, 2.05) is 0 Å². The van der Waals surface area contributed by atoms with Crippen LogP contribution < -0.4 is 4.90 Å². The van der Waals surface area contributed by atoms with E-state index in [2.05, 4.69) is 210 Å². The van der Waals surface area contributed by atoms with E-state index in [1.165, 1.54) is 27.4 Å². The Kier molecular flexibility index (Phi) is 7.41. The van der Waals surface area contributed by atoms with Crippen LogP contribution in [0.4, 0.5) is 11.4 Å².